The van der Waals surface area contributed by atoms with E-state index in [1.165, 1.54) is 0 Å². The first-order chi connectivity index (χ1) is 8.70. The third kappa shape index (κ3) is 2.75. The van der Waals surface area contributed by atoms with Crippen LogP contribution in [0.2, 0.25) is 0 Å². The zero-order chi connectivity index (χ0) is 14.4. The van der Waals surface area contributed by atoms with Gasteiger partial charge in [-0.3, -0.25) is 4.79 Å². The van der Waals surface area contributed by atoms with Gasteiger partial charge in [-0.2, -0.15) is 0 Å². The molecule has 102 valence electrons. The minimum absolute atomic E-state index is 0.230. The van der Waals surface area contributed by atoms with Crippen molar-refractivity contribution >= 4 is 40.3 Å². The van der Waals surface area contributed by atoms with Crippen molar-refractivity contribution in [1.29, 1.82) is 0 Å². The molecule has 19 heavy (non-hydrogen) atoms. The van der Waals surface area contributed by atoms with Gasteiger partial charge in [-0.25, -0.2) is 9.69 Å². The van der Waals surface area contributed by atoms with Crippen LogP contribution in [-0.4, -0.2) is 17.6 Å². The highest BCUT2D eigenvalue weighted by Gasteiger charge is 2.40. The predicted octanol–water partition coefficient (Wildman–Crippen LogP) is 3.68. The molecule has 0 N–H and O–H groups in total. The van der Waals surface area contributed by atoms with E-state index in [9.17, 15) is 9.59 Å². The van der Waals surface area contributed by atoms with Crippen molar-refractivity contribution in [1.82, 2.24) is 0 Å². The number of ether oxygens (including phenoxy) is 1. The Bertz CT molecular complexity index is 548. The van der Waals surface area contributed by atoms with Gasteiger partial charge in [-0.05, 0) is 74.0 Å². The zero-order valence-corrected chi connectivity index (χ0v) is 13.5. The summed E-state index contributed by atoms with van der Waals surface area (Å²) in [6.45, 7) is 7.15. The largest absolute Gasteiger partial charge is 0.443 e. The van der Waals surface area contributed by atoms with Gasteiger partial charge in [0.15, 0.2) is 0 Å². The lowest BCUT2D eigenvalue weighted by molar-refractivity contribution is -0.118. The summed E-state index contributed by atoms with van der Waals surface area (Å²) in [5.74, 6) is -0.538. The molecule has 2 amide bonds. The molecule has 1 aliphatic rings. The topological polar surface area (TPSA) is 46.6 Å². The molecule has 0 saturated carbocycles. The number of carbonyl (C=O) groups is 2. The minimum Gasteiger partial charge on any atom is -0.443 e. The molecule has 2 rings (SSSR count). The first-order valence-corrected chi connectivity index (χ1v) is 7.15. The molecule has 0 aromatic heterocycles. The quantitative estimate of drug-likeness (QED) is 0.652. The van der Waals surface area contributed by atoms with E-state index < -0.39 is 11.7 Å². The number of hydrogen-bond donors (Lipinski definition) is 0. The molecule has 0 aliphatic carbocycles. The molecule has 1 unspecified atom stereocenters. The molecular formula is C14H16INO3. The fourth-order valence-electron chi connectivity index (χ4n) is 2.02. The summed E-state index contributed by atoms with van der Waals surface area (Å²) in [5, 5.41) is 0. The molecular weight excluding hydrogens is 357 g/mol. The van der Waals surface area contributed by atoms with Crippen molar-refractivity contribution in [3.05, 3.63) is 27.3 Å². The van der Waals surface area contributed by atoms with Gasteiger partial charge < -0.3 is 4.74 Å². The Morgan fingerprint density at radius 3 is 2.58 bits per heavy atom. The SMILES string of the molecule is CC1C(=O)N(C(=O)OC(C)(C)C)c2ccc(I)cc21. The Morgan fingerprint density at radius 2 is 2.00 bits per heavy atom. The maximum absolute atomic E-state index is 12.2. The summed E-state index contributed by atoms with van der Waals surface area (Å²) in [7, 11) is 0. The maximum Gasteiger partial charge on any atom is 0.421 e. The van der Waals surface area contributed by atoms with Gasteiger partial charge >= 0.3 is 6.09 Å². The van der Waals surface area contributed by atoms with Crippen LogP contribution in [0.25, 0.3) is 0 Å². The second-order valence-electron chi connectivity index (χ2n) is 5.58. The lowest BCUT2D eigenvalue weighted by Crippen LogP contribution is -2.39. The van der Waals surface area contributed by atoms with Crippen LogP contribution in [0.3, 0.4) is 0 Å². The number of fused-ring (bicyclic) bond motifs is 1. The van der Waals surface area contributed by atoms with Gasteiger partial charge in [0.05, 0.1) is 11.6 Å². The molecule has 0 bridgehead atoms. The lowest BCUT2D eigenvalue weighted by atomic mass is 10.0. The number of hydrogen-bond acceptors (Lipinski definition) is 3. The van der Waals surface area contributed by atoms with Crippen LogP contribution >= 0.6 is 22.6 Å². The van der Waals surface area contributed by atoms with Crippen LogP contribution in [0.1, 0.15) is 39.2 Å². The van der Waals surface area contributed by atoms with Crippen LogP contribution in [-0.2, 0) is 9.53 Å². The van der Waals surface area contributed by atoms with Gasteiger partial charge in [0.2, 0.25) is 5.91 Å². The number of rotatable bonds is 0. The van der Waals surface area contributed by atoms with Crippen molar-refractivity contribution in [3.8, 4) is 0 Å². The summed E-state index contributed by atoms with van der Waals surface area (Å²) in [6, 6.07) is 5.60. The van der Waals surface area contributed by atoms with Crippen molar-refractivity contribution in [3.63, 3.8) is 0 Å². The third-order valence-electron chi connectivity index (χ3n) is 2.86. The van der Waals surface area contributed by atoms with Gasteiger partial charge in [-0.15, -0.1) is 0 Å². The summed E-state index contributed by atoms with van der Waals surface area (Å²) in [6.07, 6.45) is -0.607. The number of nitrogens with zero attached hydrogens (tertiary/aromatic N) is 1. The number of imide groups is 1. The Morgan fingerprint density at radius 1 is 1.37 bits per heavy atom. The van der Waals surface area contributed by atoms with Crippen LogP contribution in [0.15, 0.2) is 18.2 Å². The molecule has 5 heteroatoms. The van der Waals surface area contributed by atoms with E-state index >= 15 is 0 Å². The van der Waals surface area contributed by atoms with Gasteiger partial charge in [0, 0.05) is 3.57 Å². The maximum atomic E-state index is 12.2. The Kier molecular flexibility index (Phi) is 3.59. The molecule has 1 aromatic carbocycles. The zero-order valence-electron chi connectivity index (χ0n) is 11.4. The molecule has 0 radical (unpaired) electrons. The van der Waals surface area contributed by atoms with Gasteiger partial charge in [-0.1, -0.05) is 0 Å². The van der Waals surface area contributed by atoms with E-state index in [-0.39, 0.29) is 11.8 Å². The van der Waals surface area contributed by atoms with Crippen molar-refractivity contribution in [2.24, 2.45) is 0 Å². The number of amides is 2. The van der Waals surface area contributed by atoms with E-state index in [0.29, 0.717) is 5.69 Å². The first-order valence-electron chi connectivity index (χ1n) is 6.07. The fourth-order valence-corrected chi connectivity index (χ4v) is 2.53. The Balaban J connectivity index is 2.39. The fraction of sp³-hybridized carbons (Fsp3) is 0.429. The number of halogens is 1. The lowest BCUT2D eigenvalue weighted by Gasteiger charge is -2.23. The number of benzene rings is 1. The van der Waals surface area contributed by atoms with E-state index in [4.69, 9.17) is 4.74 Å². The van der Waals surface area contributed by atoms with Crippen molar-refractivity contribution < 1.29 is 14.3 Å². The Hall–Kier alpha value is -1.11. The molecule has 1 aromatic rings. The average molecular weight is 373 g/mol. The Labute approximate surface area is 126 Å². The minimum atomic E-state index is -0.618. The van der Waals surface area contributed by atoms with Gasteiger partial charge in [0.1, 0.15) is 5.60 Å². The van der Waals surface area contributed by atoms with E-state index in [2.05, 4.69) is 22.6 Å². The summed E-state index contributed by atoms with van der Waals surface area (Å²) < 4.78 is 6.34. The standard InChI is InChI=1S/C14H16INO3/c1-8-10-7-9(15)5-6-11(10)16(12(8)17)13(18)19-14(2,3)4/h5-8H,1-4H3. The van der Waals surface area contributed by atoms with Crippen LogP contribution < -0.4 is 4.90 Å². The van der Waals surface area contributed by atoms with Crippen molar-refractivity contribution in [2.45, 2.75) is 39.2 Å². The van der Waals surface area contributed by atoms with Crippen molar-refractivity contribution in [2.75, 3.05) is 4.90 Å². The molecule has 1 atom stereocenters. The second-order valence-corrected chi connectivity index (χ2v) is 6.82. The first kappa shape index (κ1) is 14.3. The van der Waals surface area contributed by atoms with Crippen LogP contribution in [0, 0.1) is 3.57 Å². The van der Waals surface area contributed by atoms with Crippen LogP contribution in [0.4, 0.5) is 10.5 Å². The third-order valence-corrected chi connectivity index (χ3v) is 3.53. The van der Waals surface area contributed by atoms with Crippen LogP contribution in [0.5, 0.6) is 0 Å². The average Bonchev–Trinajstić information content (AvgIpc) is 2.50. The molecule has 0 saturated heterocycles. The van der Waals surface area contributed by atoms with E-state index in [1.807, 2.05) is 19.1 Å². The normalized spacial score (nSPS) is 18.5. The molecule has 1 heterocycles. The highest BCUT2D eigenvalue weighted by molar-refractivity contribution is 14.1. The molecule has 0 fully saturated rings. The summed E-state index contributed by atoms with van der Waals surface area (Å²) in [4.78, 5) is 25.5. The number of anilines is 1. The second kappa shape index (κ2) is 4.77. The smallest absolute Gasteiger partial charge is 0.421 e. The summed E-state index contributed by atoms with van der Waals surface area (Å²) >= 11 is 2.19. The van der Waals surface area contributed by atoms with Gasteiger partial charge in [0.25, 0.3) is 0 Å². The highest BCUT2D eigenvalue weighted by atomic mass is 127. The molecule has 1 aliphatic heterocycles. The molecule has 4 nitrogen and oxygen atoms in total. The van der Waals surface area contributed by atoms with E-state index in [0.717, 1.165) is 14.0 Å². The molecule has 0 spiro atoms. The van der Waals surface area contributed by atoms with E-state index in [1.54, 1.807) is 26.8 Å². The highest BCUT2D eigenvalue weighted by Crippen LogP contribution is 2.38. The predicted molar refractivity (Wildman–Crippen MR) is 81.3 cm³/mol. The number of carbonyl (C=O) groups excluding carboxylic acids is 2. The summed E-state index contributed by atoms with van der Waals surface area (Å²) in [5.41, 5.74) is 0.891. The monoisotopic (exact) mass is 373 g/mol.